The Hall–Kier alpha value is -4.46. The van der Waals surface area contributed by atoms with E-state index in [-0.39, 0.29) is 5.82 Å². The van der Waals surface area contributed by atoms with Crippen molar-refractivity contribution >= 4 is 22.4 Å². The lowest BCUT2D eigenvalue weighted by molar-refractivity contribution is -0.597. The number of aromatic nitrogens is 4. The number of aromatic amines is 1. The molecule has 170 valence electrons. The summed E-state index contributed by atoms with van der Waals surface area (Å²) in [5.41, 5.74) is 3.24. The highest BCUT2D eigenvalue weighted by Gasteiger charge is 2.21. The molecule has 34 heavy (non-hydrogen) atoms. The monoisotopic (exact) mass is 455 g/mol. The number of ether oxygens (including phenoxy) is 2. The van der Waals surface area contributed by atoms with E-state index in [9.17, 15) is 4.39 Å². The van der Waals surface area contributed by atoms with Gasteiger partial charge in [-0.1, -0.05) is 35.4 Å². The average molecular weight is 455 g/mol. The summed E-state index contributed by atoms with van der Waals surface area (Å²) in [6.45, 7) is 1.97. The fourth-order valence-electron chi connectivity index (χ4n) is 3.98. The molecule has 0 saturated carbocycles. The van der Waals surface area contributed by atoms with Crippen molar-refractivity contribution in [2.75, 3.05) is 14.2 Å². The zero-order valence-electron chi connectivity index (χ0n) is 18.9. The predicted molar refractivity (Wildman–Crippen MR) is 128 cm³/mol. The van der Waals surface area contributed by atoms with Gasteiger partial charge in [-0.05, 0) is 60.5 Å². The van der Waals surface area contributed by atoms with Gasteiger partial charge in [-0.15, -0.1) is 0 Å². The summed E-state index contributed by atoms with van der Waals surface area (Å²) >= 11 is 0. The molecule has 2 heterocycles. The van der Waals surface area contributed by atoms with Gasteiger partial charge in [0.25, 0.3) is 0 Å². The van der Waals surface area contributed by atoms with Crippen molar-refractivity contribution in [3.8, 4) is 28.7 Å². The van der Waals surface area contributed by atoms with Crippen molar-refractivity contribution in [1.82, 2.24) is 15.2 Å². The molecular weight excluding hydrogens is 433 g/mol. The normalized spacial score (nSPS) is 10.9. The van der Waals surface area contributed by atoms with Gasteiger partial charge in [-0.2, -0.15) is 0 Å². The minimum Gasteiger partial charge on any atom is -0.493 e. The van der Waals surface area contributed by atoms with Crippen LogP contribution in [0.1, 0.15) is 5.69 Å². The Labute approximate surface area is 195 Å². The molecule has 0 bridgehead atoms. The highest BCUT2D eigenvalue weighted by Crippen LogP contribution is 2.36. The first-order valence-corrected chi connectivity index (χ1v) is 10.6. The fourth-order valence-corrected chi connectivity index (χ4v) is 3.98. The van der Waals surface area contributed by atoms with Gasteiger partial charge < -0.3 is 14.8 Å². The largest absolute Gasteiger partial charge is 0.493 e. The van der Waals surface area contributed by atoms with Gasteiger partial charge in [0, 0.05) is 10.9 Å². The van der Waals surface area contributed by atoms with Crippen molar-refractivity contribution in [3.63, 3.8) is 0 Å². The van der Waals surface area contributed by atoms with Gasteiger partial charge in [0.2, 0.25) is 0 Å². The number of rotatable bonds is 6. The minimum atomic E-state index is -0.312. The van der Waals surface area contributed by atoms with Gasteiger partial charge >= 0.3 is 5.95 Å². The van der Waals surface area contributed by atoms with Gasteiger partial charge in [0.05, 0.1) is 25.9 Å². The second-order valence-corrected chi connectivity index (χ2v) is 7.68. The number of nitrogens with one attached hydrogen (secondary N) is 1. The molecule has 0 fully saturated rings. The van der Waals surface area contributed by atoms with Crippen LogP contribution < -0.4 is 14.0 Å². The maximum absolute atomic E-state index is 13.8. The standard InChI is InChI=1S/C26H22FN5O2/c1-16-13-18-14-22(33-2)23(34-3)15-21(18)24(17-9-11-19(27)12-10-17)32(16)26-29-25(30-31-26)28-20-7-5-4-6-8-20/h4-15H,1-3H3,(H-,28,29,30,31). The average Bonchev–Trinajstić information content (AvgIpc) is 3.31. The number of nitrogens with zero attached hydrogens (tertiary/aromatic N) is 4. The van der Waals surface area contributed by atoms with E-state index in [4.69, 9.17) is 9.47 Å². The lowest BCUT2D eigenvalue weighted by Gasteiger charge is -2.17. The first-order chi connectivity index (χ1) is 16.6. The smallest absolute Gasteiger partial charge is 0.305 e. The molecule has 0 spiro atoms. The zero-order valence-corrected chi connectivity index (χ0v) is 18.9. The van der Waals surface area contributed by atoms with Crippen LogP contribution in [-0.2, 0) is 0 Å². The van der Waals surface area contributed by atoms with Crippen LogP contribution in [0.25, 0.3) is 33.3 Å². The number of fused-ring (bicyclic) bond motifs is 1. The van der Waals surface area contributed by atoms with Gasteiger partial charge in [-0.25, -0.2) is 8.96 Å². The Balaban J connectivity index is 1.73. The highest BCUT2D eigenvalue weighted by molar-refractivity contribution is 5.95. The summed E-state index contributed by atoms with van der Waals surface area (Å²) in [5.74, 6) is 1.70. The second-order valence-electron chi connectivity index (χ2n) is 7.68. The van der Waals surface area contributed by atoms with Crippen LogP contribution in [0.15, 0.2) is 72.8 Å². The van der Waals surface area contributed by atoms with Gasteiger partial charge in [-0.3, -0.25) is 10.1 Å². The van der Waals surface area contributed by atoms with Gasteiger partial charge in [0.15, 0.2) is 11.5 Å². The maximum atomic E-state index is 13.8. The third kappa shape index (κ3) is 3.90. The van der Waals surface area contributed by atoms with Crippen LogP contribution in [0.2, 0.25) is 0 Å². The summed E-state index contributed by atoms with van der Waals surface area (Å²) in [6, 6.07) is 21.7. The van der Waals surface area contributed by atoms with E-state index < -0.39 is 0 Å². The summed E-state index contributed by atoms with van der Waals surface area (Å²) in [6.07, 6.45) is 0. The third-order valence-corrected chi connectivity index (χ3v) is 5.52. The quantitative estimate of drug-likeness (QED) is 0.333. The van der Waals surface area contributed by atoms with E-state index in [1.165, 1.54) is 12.1 Å². The first kappa shape index (κ1) is 21.4. The van der Waals surface area contributed by atoms with E-state index >= 15 is 0 Å². The van der Waals surface area contributed by atoms with Crippen molar-refractivity contribution in [1.29, 1.82) is 0 Å². The number of pyridine rings is 1. The number of benzene rings is 3. The molecule has 0 amide bonds. The molecular formula is C26H22FN5O2. The van der Waals surface area contributed by atoms with E-state index in [1.807, 2.05) is 60.0 Å². The molecule has 5 rings (SSSR count). The Morgan fingerprint density at radius 1 is 0.912 bits per heavy atom. The topological polar surface area (TPSA) is 78.0 Å². The Bertz CT molecular complexity index is 1470. The highest BCUT2D eigenvalue weighted by atomic mass is 19.1. The SMILES string of the molecule is COc1cc2cc(C)[n+](-c3n[nH]c([N-]c4ccccc4)n3)c(-c3ccc(F)cc3)c2cc1OC. The molecule has 2 aromatic heterocycles. The molecule has 0 radical (unpaired) electrons. The predicted octanol–water partition coefficient (Wildman–Crippen LogP) is 5.70. The molecule has 0 saturated heterocycles. The van der Waals surface area contributed by atoms with Crippen LogP contribution in [0.4, 0.5) is 16.0 Å². The lowest BCUT2D eigenvalue weighted by atomic mass is 10.0. The molecule has 1 N–H and O–H groups in total. The third-order valence-electron chi connectivity index (χ3n) is 5.52. The van der Waals surface area contributed by atoms with Crippen LogP contribution in [0.3, 0.4) is 0 Å². The van der Waals surface area contributed by atoms with Gasteiger partial charge in [0.1, 0.15) is 11.5 Å². The summed E-state index contributed by atoms with van der Waals surface area (Å²) in [4.78, 5) is 4.62. The Morgan fingerprint density at radius 2 is 1.62 bits per heavy atom. The van der Waals surface area contributed by atoms with E-state index in [0.29, 0.717) is 23.4 Å². The number of para-hydroxylation sites is 1. The fraction of sp³-hybridized carbons (Fsp3) is 0.115. The number of hydrogen-bond acceptors (Lipinski definition) is 4. The maximum Gasteiger partial charge on any atom is 0.305 e. The van der Waals surface area contributed by atoms with Crippen molar-refractivity contribution in [3.05, 3.63) is 89.6 Å². The number of aryl methyl sites for hydroxylation is 1. The summed E-state index contributed by atoms with van der Waals surface area (Å²) in [7, 11) is 3.20. The molecule has 0 aliphatic rings. The molecule has 0 unspecified atom stereocenters. The molecule has 7 nitrogen and oxygen atoms in total. The molecule has 8 heteroatoms. The minimum absolute atomic E-state index is 0.312. The van der Waals surface area contributed by atoms with E-state index in [0.717, 1.165) is 33.4 Å². The van der Waals surface area contributed by atoms with Crippen LogP contribution in [0, 0.1) is 12.7 Å². The number of hydrogen-bond donors (Lipinski definition) is 1. The van der Waals surface area contributed by atoms with E-state index in [2.05, 4.69) is 20.5 Å². The van der Waals surface area contributed by atoms with Crippen molar-refractivity contribution in [2.24, 2.45) is 0 Å². The number of halogens is 1. The zero-order chi connectivity index (χ0) is 23.7. The molecule has 5 aromatic rings. The summed E-state index contributed by atoms with van der Waals surface area (Å²) in [5, 5.41) is 13.7. The van der Waals surface area contributed by atoms with Crippen LogP contribution in [0.5, 0.6) is 11.5 Å². The van der Waals surface area contributed by atoms with E-state index in [1.54, 1.807) is 26.4 Å². The molecule has 0 aliphatic heterocycles. The lowest BCUT2D eigenvalue weighted by Crippen LogP contribution is -2.38. The van der Waals surface area contributed by atoms with Crippen molar-refractivity contribution < 1.29 is 18.4 Å². The Kier molecular flexibility index (Phi) is 5.55. The Morgan fingerprint density at radius 3 is 2.32 bits per heavy atom. The summed E-state index contributed by atoms with van der Waals surface area (Å²) < 4.78 is 26.7. The first-order valence-electron chi connectivity index (χ1n) is 10.6. The molecule has 0 atom stereocenters. The van der Waals surface area contributed by atoms with Crippen LogP contribution in [-0.4, -0.2) is 29.4 Å². The second kappa shape index (κ2) is 8.82. The van der Waals surface area contributed by atoms with Crippen molar-refractivity contribution in [2.45, 2.75) is 6.92 Å². The number of H-pyrrole nitrogens is 1. The van der Waals surface area contributed by atoms with Crippen LogP contribution >= 0.6 is 0 Å². The number of methoxy groups -OCH3 is 2. The molecule has 0 aliphatic carbocycles. The molecule has 3 aromatic carbocycles.